The Morgan fingerprint density at radius 1 is 1.00 bits per heavy atom. The molecule has 0 saturated carbocycles. The largest absolute Gasteiger partial charge is 0.493 e. The molecule has 188 valence electrons. The number of nitrogens with zero attached hydrogens (tertiary/aromatic N) is 1. The van der Waals surface area contributed by atoms with Crippen LogP contribution in [0, 0.1) is 0 Å². The molecule has 0 aliphatic carbocycles. The van der Waals surface area contributed by atoms with Crippen LogP contribution in [0.4, 0.5) is 0 Å². The summed E-state index contributed by atoms with van der Waals surface area (Å²) in [6.45, 7) is 1.98. The van der Waals surface area contributed by atoms with E-state index < -0.39 is 11.9 Å². The fourth-order valence-electron chi connectivity index (χ4n) is 3.15. The van der Waals surface area contributed by atoms with Gasteiger partial charge in [0, 0.05) is 5.02 Å². The Bertz CT molecular complexity index is 1230. The molecule has 0 aliphatic heterocycles. The number of hydrogen-bond acceptors (Lipinski definition) is 6. The molecule has 0 radical (unpaired) electrons. The van der Waals surface area contributed by atoms with E-state index in [0.717, 1.165) is 19.3 Å². The number of nitrogens with one attached hydrogen (secondary N) is 1. The summed E-state index contributed by atoms with van der Waals surface area (Å²) in [6, 6.07) is 17.0. The molecule has 36 heavy (non-hydrogen) atoms. The van der Waals surface area contributed by atoms with Gasteiger partial charge in [0.1, 0.15) is 5.75 Å². The highest BCUT2D eigenvalue weighted by Crippen LogP contribution is 2.30. The minimum absolute atomic E-state index is 0.170. The maximum Gasteiger partial charge on any atom is 0.345 e. The van der Waals surface area contributed by atoms with E-state index in [0.29, 0.717) is 22.1 Å². The predicted octanol–water partition coefficient (Wildman–Crippen LogP) is 6.09. The molecule has 0 fully saturated rings. The van der Waals surface area contributed by atoms with Crippen molar-refractivity contribution in [1.82, 2.24) is 5.43 Å². The van der Waals surface area contributed by atoms with Crippen molar-refractivity contribution in [2.75, 3.05) is 13.7 Å². The number of carbonyl (C=O) groups excluding carboxylic acids is 2. The van der Waals surface area contributed by atoms with Crippen molar-refractivity contribution in [2.45, 2.75) is 26.2 Å². The fourth-order valence-corrected chi connectivity index (χ4v) is 3.64. The Kier molecular flexibility index (Phi) is 10.2. The van der Waals surface area contributed by atoms with Crippen molar-refractivity contribution in [3.63, 3.8) is 0 Å². The van der Waals surface area contributed by atoms with Crippen LogP contribution in [-0.4, -0.2) is 31.8 Å². The van der Waals surface area contributed by atoms with E-state index in [9.17, 15) is 9.59 Å². The number of carbonyl (C=O) groups is 2. The SMILES string of the molecule is CCCCc1ccc(OCC(=O)N/N=C\c2ccc(OC(=O)c3ccc(Cl)cc3Cl)c(OC)c2)cc1. The van der Waals surface area contributed by atoms with Gasteiger partial charge in [-0.2, -0.15) is 5.10 Å². The van der Waals surface area contributed by atoms with E-state index in [1.807, 2.05) is 24.3 Å². The maximum atomic E-state index is 12.5. The van der Waals surface area contributed by atoms with Gasteiger partial charge in [0.25, 0.3) is 5.91 Å². The molecule has 0 atom stereocenters. The molecule has 3 aromatic carbocycles. The summed E-state index contributed by atoms with van der Waals surface area (Å²) >= 11 is 11.9. The van der Waals surface area contributed by atoms with E-state index in [1.54, 1.807) is 24.3 Å². The second-order valence-electron chi connectivity index (χ2n) is 7.75. The van der Waals surface area contributed by atoms with E-state index >= 15 is 0 Å². The monoisotopic (exact) mass is 528 g/mol. The van der Waals surface area contributed by atoms with Crippen molar-refractivity contribution in [3.8, 4) is 17.2 Å². The Hall–Kier alpha value is -3.55. The Balaban J connectivity index is 1.52. The molecular weight excluding hydrogens is 503 g/mol. The first kappa shape index (κ1) is 27.0. The quantitative estimate of drug-likeness (QED) is 0.141. The average molecular weight is 529 g/mol. The van der Waals surface area contributed by atoms with Gasteiger partial charge >= 0.3 is 5.97 Å². The minimum atomic E-state index is -0.653. The third-order valence-electron chi connectivity index (χ3n) is 5.06. The molecule has 3 aromatic rings. The van der Waals surface area contributed by atoms with Gasteiger partial charge in [0.05, 0.1) is 23.9 Å². The van der Waals surface area contributed by atoms with Crippen molar-refractivity contribution in [2.24, 2.45) is 5.10 Å². The number of ether oxygens (including phenoxy) is 3. The molecule has 0 unspecified atom stereocenters. The highest BCUT2D eigenvalue weighted by Gasteiger charge is 2.16. The van der Waals surface area contributed by atoms with Crippen LogP contribution < -0.4 is 19.6 Å². The van der Waals surface area contributed by atoms with Crippen LogP contribution in [0.5, 0.6) is 17.2 Å². The third kappa shape index (κ3) is 8.00. The summed E-state index contributed by atoms with van der Waals surface area (Å²) in [6.07, 6.45) is 4.74. The Labute approximate surface area is 220 Å². The minimum Gasteiger partial charge on any atom is -0.493 e. The van der Waals surface area contributed by atoms with Gasteiger partial charge in [-0.25, -0.2) is 10.2 Å². The lowest BCUT2D eigenvalue weighted by Crippen LogP contribution is -2.24. The van der Waals surface area contributed by atoms with Crippen LogP contribution >= 0.6 is 23.2 Å². The molecule has 0 saturated heterocycles. The zero-order valence-corrected chi connectivity index (χ0v) is 21.4. The van der Waals surface area contributed by atoms with Gasteiger partial charge in [-0.3, -0.25) is 4.79 Å². The lowest BCUT2D eigenvalue weighted by Gasteiger charge is -2.10. The molecule has 3 rings (SSSR count). The van der Waals surface area contributed by atoms with Gasteiger partial charge in [0.15, 0.2) is 18.1 Å². The second-order valence-corrected chi connectivity index (χ2v) is 8.60. The van der Waals surface area contributed by atoms with Crippen molar-refractivity contribution in [1.29, 1.82) is 0 Å². The van der Waals surface area contributed by atoms with Gasteiger partial charge < -0.3 is 14.2 Å². The molecule has 0 spiro atoms. The molecule has 9 heteroatoms. The first-order chi connectivity index (χ1) is 17.4. The number of unbranched alkanes of at least 4 members (excludes halogenated alkanes) is 1. The molecule has 0 bridgehead atoms. The fraction of sp³-hybridized carbons (Fsp3) is 0.222. The predicted molar refractivity (Wildman–Crippen MR) is 141 cm³/mol. The summed E-state index contributed by atoms with van der Waals surface area (Å²) in [5.74, 6) is 0.0558. The third-order valence-corrected chi connectivity index (χ3v) is 5.60. The summed E-state index contributed by atoms with van der Waals surface area (Å²) in [5.41, 5.74) is 4.43. The average Bonchev–Trinajstić information content (AvgIpc) is 2.87. The number of halogens is 2. The topological polar surface area (TPSA) is 86.2 Å². The molecule has 0 aliphatic rings. The van der Waals surface area contributed by atoms with Gasteiger partial charge in [-0.05, 0) is 72.5 Å². The number of hydrazone groups is 1. The van der Waals surface area contributed by atoms with Crippen LogP contribution in [0.25, 0.3) is 0 Å². The lowest BCUT2D eigenvalue weighted by molar-refractivity contribution is -0.123. The zero-order chi connectivity index (χ0) is 25.9. The van der Waals surface area contributed by atoms with Crippen LogP contribution in [0.2, 0.25) is 10.0 Å². The van der Waals surface area contributed by atoms with Crippen LogP contribution in [-0.2, 0) is 11.2 Å². The molecule has 1 N–H and O–H groups in total. The zero-order valence-electron chi connectivity index (χ0n) is 19.9. The first-order valence-corrected chi connectivity index (χ1v) is 12.0. The molecule has 1 amide bonds. The van der Waals surface area contributed by atoms with Crippen LogP contribution in [0.1, 0.15) is 41.3 Å². The van der Waals surface area contributed by atoms with E-state index in [1.165, 1.54) is 31.0 Å². The number of benzene rings is 3. The highest BCUT2D eigenvalue weighted by atomic mass is 35.5. The van der Waals surface area contributed by atoms with Crippen molar-refractivity contribution in [3.05, 3.63) is 87.4 Å². The van der Waals surface area contributed by atoms with Gasteiger partial charge in [-0.15, -0.1) is 0 Å². The number of rotatable bonds is 11. The molecule has 7 nitrogen and oxygen atoms in total. The number of methoxy groups -OCH3 is 1. The van der Waals surface area contributed by atoms with Gasteiger partial charge in [0.2, 0.25) is 0 Å². The summed E-state index contributed by atoms with van der Waals surface area (Å²) < 4.78 is 16.2. The van der Waals surface area contributed by atoms with Crippen molar-refractivity contribution >= 4 is 41.3 Å². The standard InChI is InChI=1S/C27H26Cl2N2O5/c1-3-4-5-18-6-10-21(11-7-18)35-17-26(32)31-30-16-19-8-13-24(25(14-19)34-2)36-27(33)22-12-9-20(28)15-23(22)29/h6-16H,3-5,17H2,1-2H3,(H,31,32)/b30-16-. The van der Waals surface area contributed by atoms with E-state index in [4.69, 9.17) is 37.4 Å². The number of aryl methyl sites for hydroxylation is 1. The number of esters is 1. The first-order valence-electron chi connectivity index (χ1n) is 11.3. The summed E-state index contributed by atoms with van der Waals surface area (Å²) in [4.78, 5) is 24.5. The highest BCUT2D eigenvalue weighted by molar-refractivity contribution is 6.36. The molecule has 0 aromatic heterocycles. The molecule has 0 heterocycles. The lowest BCUT2D eigenvalue weighted by atomic mass is 10.1. The van der Waals surface area contributed by atoms with Crippen LogP contribution in [0.15, 0.2) is 65.8 Å². The Morgan fingerprint density at radius 3 is 2.47 bits per heavy atom. The smallest absolute Gasteiger partial charge is 0.345 e. The normalized spacial score (nSPS) is 10.8. The van der Waals surface area contributed by atoms with Crippen molar-refractivity contribution < 1.29 is 23.8 Å². The van der Waals surface area contributed by atoms with E-state index in [2.05, 4.69) is 17.5 Å². The van der Waals surface area contributed by atoms with Crippen LogP contribution in [0.3, 0.4) is 0 Å². The summed E-state index contributed by atoms with van der Waals surface area (Å²) in [7, 11) is 1.44. The molecular formula is C27H26Cl2N2O5. The Morgan fingerprint density at radius 2 is 1.78 bits per heavy atom. The summed E-state index contributed by atoms with van der Waals surface area (Å²) in [5, 5.41) is 4.53. The van der Waals surface area contributed by atoms with E-state index in [-0.39, 0.29) is 22.9 Å². The second kappa shape index (κ2) is 13.5. The number of hydrogen-bond donors (Lipinski definition) is 1. The van der Waals surface area contributed by atoms with Gasteiger partial charge in [-0.1, -0.05) is 48.7 Å². The number of amides is 1. The maximum absolute atomic E-state index is 12.5.